The lowest BCUT2D eigenvalue weighted by Crippen LogP contribution is -2.37. The highest BCUT2D eigenvalue weighted by Crippen LogP contribution is 2.39. The molecule has 0 unspecified atom stereocenters. The number of ether oxygens (including phenoxy) is 3. The van der Waals surface area contributed by atoms with Gasteiger partial charge in [-0.3, -0.25) is 9.88 Å². The van der Waals surface area contributed by atoms with Gasteiger partial charge in [0.25, 0.3) is 0 Å². The maximum atomic E-state index is 9.76. The topological polar surface area (TPSA) is 110 Å². The smallest absolute Gasteiger partial charge is 0.187 e. The molecule has 1 saturated heterocycles. The lowest BCUT2D eigenvalue weighted by molar-refractivity contribution is 0.0357. The molecule has 0 radical (unpaired) electrons. The standard InChI is InChI=1S/C27H29N7O3/c1-35-27-24(37-14-2-10-33-12-15-36-16-13-33)8-7-23-25(21(17-28)18-29-26(23)27)31-22-5-3-20(4-6-22)19-34-11-9-30-32-34/h3-9,11,18H,2,10,12-16,19H2,1H3,(H,29,31). The minimum absolute atomic E-state index is 0.445. The first-order valence-corrected chi connectivity index (χ1v) is 12.3. The zero-order valence-electron chi connectivity index (χ0n) is 20.8. The van der Waals surface area contributed by atoms with Gasteiger partial charge in [0.1, 0.15) is 11.6 Å². The Labute approximate surface area is 215 Å². The number of rotatable bonds is 10. The predicted molar refractivity (Wildman–Crippen MR) is 139 cm³/mol. The van der Waals surface area contributed by atoms with E-state index in [0.717, 1.165) is 55.9 Å². The summed E-state index contributed by atoms with van der Waals surface area (Å²) in [4.78, 5) is 6.92. The number of morpholine rings is 1. The second kappa shape index (κ2) is 11.7. The Kier molecular flexibility index (Phi) is 7.74. The lowest BCUT2D eigenvalue weighted by Gasteiger charge is -2.26. The van der Waals surface area contributed by atoms with Crippen molar-refractivity contribution in [2.45, 2.75) is 13.0 Å². The summed E-state index contributed by atoms with van der Waals surface area (Å²) in [6.45, 7) is 5.68. The number of anilines is 2. The van der Waals surface area contributed by atoms with Crippen LogP contribution in [0, 0.1) is 11.3 Å². The molecule has 5 rings (SSSR count). The van der Waals surface area contributed by atoms with Gasteiger partial charge in [-0.05, 0) is 36.2 Å². The van der Waals surface area contributed by atoms with Crippen molar-refractivity contribution < 1.29 is 14.2 Å². The number of pyridine rings is 1. The highest BCUT2D eigenvalue weighted by Gasteiger charge is 2.17. The van der Waals surface area contributed by atoms with Gasteiger partial charge < -0.3 is 19.5 Å². The molecule has 0 spiro atoms. The first-order chi connectivity index (χ1) is 18.2. The van der Waals surface area contributed by atoms with Gasteiger partial charge in [0.05, 0.1) is 50.9 Å². The molecule has 2 aromatic heterocycles. The fraction of sp³-hybridized carbons (Fsp3) is 0.333. The van der Waals surface area contributed by atoms with Crippen LogP contribution in [0.15, 0.2) is 55.0 Å². The Morgan fingerprint density at radius 2 is 1.97 bits per heavy atom. The molecule has 0 bridgehead atoms. The number of methoxy groups -OCH3 is 1. The molecule has 1 fully saturated rings. The van der Waals surface area contributed by atoms with Crippen LogP contribution in [0.3, 0.4) is 0 Å². The molecule has 10 heteroatoms. The van der Waals surface area contributed by atoms with E-state index in [1.54, 1.807) is 24.2 Å². The number of hydrogen-bond acceptors (Lipinski definition) is 9. The van der Waals surface area contributed by atoms with E-state index in [1.807, 2.05) is 42.6 Å². The first kappa shape index (κ1) is 24.5. The molecule has 1 aliphatic rings. The van der Waals surface area contributed by atoms with Crippen LogP contribution in [0.25, 0.3) is 10.9 Å². The van der Waals surface area contributed by atoms with E-state index in [-0.39, 0.29) is 0 Å². The highest BCUT2D eigenvalue weighted by atomic mass is 16.5. The molecule has 0 amide bonds. The second-order valence-corrected chi connectivity index (χ2v) is 8.73. The van der Waals surface area contributed by atoms with Gasteiger partial charge in [-0.2, -0.15) is 5.26 Å². The summed E-state index contributed by atoms with van der Waals surface area (Å²) in [5.74, 6) is 1.19. The summed E-state index contributed by atoms with van der Waals surface area (Å²) in [5.41, 5.74) is 3.70. The van der Waals surface area contributed by atoms with Gasteiger partial charge in [-0.1, -0.05) is 17.3 Å². The van der Waals surface area contributed by atoms with Crippen molar-refractivity contribution in [3.05, 3.63) is 66.1 Å². The van der Waals surface area contributed by atoms with Gasteiger partial charge in [-0.25, -0.2) is 4.68 Å². The fourth-order valence-corrected chi connectivity index (χ4v) is 4.39. The van der Waals surface area contributed by atoms with Crippen LogP contribution < -0.4 is 14.8 Å². The van der Waals surface area contributed by atoms with E-state index < -0.39 is 0 Å². The molecule has 0 atom stereocenters. The Morgan fingerprint density at radius 1 is 1.14 bits per heavy atom. The van der Waals surface area contributed by atoms with Gasteiger partial charge >= 0.3 is 0 Å². The minimum atomic E-state index is 0.445. The molecular weight excluding hydrogens is 470 g/mol. The third-order valence-electron chi connectivity index (χ3n) is 6.30. The molecule has 1 aliphatic heterocycles. The summed E-state index contributed by atoms with van der Waals surface area (Å²) < 4.78 is 19.0. The van der Waals surface area contributed by atoms with Crippen molar-refractivity contribution in [3.63, 3.8) is 0 Å². The fourth-order valence-electron chi connectivity index (χ4n) is 4.39. The summed E-state index contributed by atoms with van der Waals surface area (Å²) in [5, 5.41) is 21.8. The molecule has 0 saturated carbocycles. The zero-order valence-corrected chi connectivity index (χ0v) is 20.8. The normalized spacial score (nSPS) is 13.8. The van der Waals surface area contributed by atoms with E-state index >= 15 is 0 Å². The van der Waals surface area contributed by atoms with Crippen LogP contribution in [-0.4, -0.2) is 71.4 Å². The number of fused-ring (bicyclic) bond motifs is 1. The van der Waals surface area contributed by atoms with Crippen molar-refractivity contribution >= 4 is 22.3 Å². The number of nitrogens with zero attached hydrogens (tertiary/aromatic N) is 6. The summed E-state index contributed by atoms with van der Waals surface area (Å²) in [7, 11) is 1.61. The second-order valence-electron chi connectivity index (χ2n) is 8.73. The molecule has 0 aliphatic carbocycles. The van der Waals surface area contributed by atoms with Crippen molar-refractivity contribution in [3.8, 4) is 17.6 Å². The maximum absolute atomic E-state index is 9.76. The van der Waals surface area contributed by atoms with Crippen molar-refractivity contribution in [2.75, 3.05) is 51.9 Å². The SMILES string of the molecule is COc1c(OCCCN2CCOCC2)ccc2c(Nc3ccc(Cn4ccnn4)cc3)c(C#N)cnc12. The van der Waals surface area contributed by atoms with Gasteiger partial charge in [-0.15, -0.1) is 5.10 Å². The third kappa shape index (κ3) is 5.80. The molecule has 1 N–H and O–H groups in total. The Hall–Kier alpha value is -4.20. The van der Waals surface area contributed by atoms with Crippen LogP contribution in [0.4, 0.5) is 11.4 Å². The summed E-state index contributed by atoms with van der Waals surface area (Å²) >= 11 is 0. The van der Waals surface area contributed by atoms with Crippen LogP contribution in [0.1, 0.15) is 17.5 Å². The zero-order chi connectivity index (χ0) is 25.5. The summed E-state index contributed by atoms with van der Waals surface area (Å²) in [6.07, 6.45) is 5.95. The molecule has 10 nitrogen and oxygen atoms in total. The van der Waals surface area contributed by atoms with Gasteiger partial charge in [0.2, 0.25) is 0 Å². The van der Waals surface area contributed by atoms with E-state index in [0.29, 0.717) is 41.4 Å². The van der Waals surface area contributed by atoms with E-state index in [9.17, 15) is 5.26 Å². The highest BCUT2D eigenvalue weighted by molar-refractivity contribution is 5.99. The van der Waals surface area contributed by atoms with E-state index in [4.69, 9.17) is 14.2 Å². The summed E-state index contributed by atoms with van der Waals surface area (Å²) in [6, 6.07) is 14.0. The third-order valence-corrected chi connectivity index (χ3v) is 6.30. The number of nitrogens with one attached hydrogen (secondary N) is 1. The van der Waals surface area contributed by atoms with Crippen LogP contribution in [0.2, 0.25) is 0 Å². The quantitative estimate of drug-likeness (QED) is 0.327. The Morgan fingerprint density at radius 3 is 2.70 bits per heavy atom. The average molecular weight is 500 g/mol. The van der Waals surface area contributed by atoms with Crippen LogP contribution in [0.5, 0.6) is 11.5 Å². The lowest BCUT2D eigenvalue weighted by atomic mass is 10.1. The van der Waals surface area contributed by atoms with Crippen molar-refractivity contribution in [1.29, 1.82) is 5.26 Å². The van der Waals surface area contributed by atoms with Gasteiger partial charge in [0, 0.05) is 43.1 Å². The number of hydrogen-bond donors (Lipinski definition) is 1. The molecule has 2 aromatic carbocycles. The van der Waals surface area contributed by atoms with Gasteiger partial charge in [0.15, 0.2) is 11.5 Å². The molecule has 37 heavy (non-hydrogen) atoms. The number of aromatic nitrogens is 4. The minimum Gasteiger partial charge on any atom is -0.491 e. The Bertz CT molecular complexity index is 1360. The largest absolute Gasteiger partial charge is 0.491 e. The van der Waals surface area contributed by atoms with Crippen molar-refractivity contribution in [2.24, 2.45) is 0 Å². The average Bonchev–Trinajstić information content (AvgIpc) is 3.45. The number of nitriles is 1. The maximum Gasteiger partial charge on any atom is 0.187 e. The first-order valence-electron chi connectivity index (χ1n) is 12.3. The van der Waals surface area contributed by atoms with E-state index in [1.165, 1.54) is 0 Å². The molecule has 4 aromatic rings. The van der Waals surface area contributed by atoms with E-state index in [2.05, 4.69) is 31.6 Å². The number of benzene rings is 2. The predicted octanol–water partition coefficient (Wildman–Crippen LogP) is 3.60. The molecule has 190 valence electrons. The van der Waals surface area contributed by atoms with Crippen molar-refractivity contribution in [1.82, 2.24) is 24.9 Å². The Balaban J connectivity index is 1.33. The van der Waals surface area contributed by atoms with Crippen LogP contribution >= 0.6 is 0 Å². The van der Waals surface area contributed by atoms with Crippen LogP contribution in [-0.2, 0) is 11.3 Å². The molecule has 3 heterocycles. The molecular formula is C27H29N7O3. The monoisotopic (exact) mass is 499 g/mol.